The Kier molecular flexibility index (Phi) is 46.7. The third-order valence-electron chi connectivity index (χ3n) is 0. The van der Waals surface area contributed by atoms with Crippen molar-refractivity contribution in [2.75, 3.05) is 0 Å². The molecule has 69 valence electrons. The molecule has 0 aromatic rings. The molecule has 0 heterocycles. The van der Waals surface area contributed by atoms with Crippen LogP contribution >= 0.6 is 0 Å². The average Bonchev–Trinajstić information content (AvgIpc) is 1.66. The van der Waals surface area contributed by atoms with Crippen molar-refractivity contribution in [1.29, 1.82) is 0 Å². The van der Waals surface area contributed by atoms with Crippen molar-refractivity contribution in [3.63, 3.8) is 0 Å². The van der Waals surface area contributed by atoms with E-state index >= 15 is 0 Å². The zero-order chi connectivity index (χ0) is 9.15. The number of carboxylic acid groups (broad SMARTS) is 2. The standard InChI is InChI=1S/2C2H4O2.C2H4.Cu/c2*1-2(3)4;1-2;/h2*1H3,(H,3,4);1-2H2;/q;;;+2/p-2. The van der Waals surface area contributed by atoms with Crippen LogP contribution in [0.2, 0.25) is 0 Å². The fourth-order valence-electron chi connectivity index (χ4n) is 0. The molecular weight excluding hydrogens is 200 g/mol. The Labute approximate surface area is 76.4 Å². The van der Waals surface area contributed by atoms with Gasteiger partial charge in [0.15, 0.2) is 0 Å². The van der Waals surface area contributed by atoms with Gasteiger partial charge < -0.3 is 19.8 Å². The molecule has 0 aliphatic carbocycles. The van der Waals surface area contributed by atoms with Gasteiger partial charge in [-0.15, -0.1) is 13.2 Å². The van der Waals surface area contributed by atoms with E-state index in [1.807, 2.05) is 0 Å². The van der Waals surface area contributed by atoms with E-state index in [1.165, 1.54) is 0 Å². The first-order valence-electron chi connectivity index (χ1n) is 2.32. The van der Waals surface area contributed by atoms with E-state index in [-0.39, 0.29) is 17.1 Å². The van der Waals surface area contributed by atoms with E-state index in [1.54, 1.807) is 0 Å². The van der Waals surface area contributed by atoms with Crippen LogP contribution < -0.4 is 10.2 Å². The molecule has 5 heteroatoms. The molecule has 0 spiro atoms. The van der Waals surface area contributed by atoms with Crippen molar-refractivity contribution in [2.45, 2.75) is 13.8 Å². The Bertz CT molecular complexity index is 82.8. The summed E-state index contributed by atoms with van der Waals surface area (Å²) in [6, 6.07) is 0. The normalized spacial score (nSPS) is 4.91. The quantitative estimate of drug-likeness (QED) is 0.352. The first-order valence-corrected chi connectivity index (χ1v) is 2.32. The minimum Gasteiger partial charge on any atom is -0.550 e. The van der Waals surface area contributed by atoms with Crippen molar-refractivity contribution in [1.82, 2.24) is 0 Å². The summed E-state index contributed by atoms with van der Waals surface area (Å²) in [5.74, 6) is -2.17. The van der Waals surface area contributed by atoms with E-state index in [2.05, 4.69) is 13.2 Å². The van der Waals surface area contributed by atoms with Gasteiger partial charge in [-0.1, -0.05) is 0 Å². The van der Waals surface area contributed by atoms with Crippen molar-refractivity contribution in [3.05, 3.63) is 13.2 Å². The predicted octanol–water partition coefficient (Wildman–Crippen LogP) is -1.69. The summed E-state index contributed by atoms with van der Waals surface area (Å²) in [5.41, 5.74) is 0. The van der Waals surface area contributed by atoms with Crippen LogP contribution in [0.25, 0.3) is 0 Å². The topological polar surface area (TPSA) is 80.3 Å². The molecule has 0 aromatic carbocycles. The van der Waals surface area contributed by atoms with E-state index in [0.29, 0.717) is 0 Å². The van der Waals surface area contributed by atoms with E-state index < -0.39 is 11.9 Å². The molecular formula is C6H10CuO4. The maximum atomic E-state index is 8.89. The molecule has 0 fully saturated rings. The van der Waals surface area contributed by atoms with Crippen molar-refractivity contribution in [2.24, 2.45) is 0 Å². The van der Waals surface area contributed by atoms with E-state index in [9.17, 15) is 0 Å². The number of carbonyl (C=O) groups is 2. The second-order valence-electron chi connectivity index (χ2n) is 0.983. The molecule has 0 amide bonds. The van der Waals surface area contributed by atoms with Crippen LogP contribution in [0.5, 0.6) is 0 Å². The molecule has 0 aliphatic heterocycles. The van der Waals surface area contributed by atoms with Crippen LogP contribution in [-0.2, 0) is 26.7 Å². The Hall–Kier alpha value is -0.801. The van der Waals surface area contributed by atoms with Crippen molar-refractivity contribution >= 4 is 11.9 Å². The summed E-state index contributed by atoms with van der Waals surface area (Å²) < 4.78 is 0. The van der Waals surface area contributed by atoms with Crippen LogP contribution in [-0.4, -0.2) is 11.9 Å². The monoisotopic (exact) mass is 209 g/mol. The first kappa shape index (κ1) is 22.5. The Balaban J connectivity index is -0.0000000339. The zero-order valence-corrected chi connectivity index (χ0v) is 7.29. The zero-order valence-electron chi connectivity index (χ0n) is 6.35. The second kappa shape index (κ2) is 22.9. The summed E-state index contributed by atoms with van der Waals surface area (Å²) in [7, 11) is 0. The molecule has 4 nitrogen and oxygen atoms in total. The number of hydrogen-bond acceptors (Lipinski definition) is 4. The van der Waals surface area contributed by atoms with Gasteiger partial charge in [0.25, 0.3) is 0 Å². The molecule has 0 saturated heterocycles. The summed E-state index contributed by atoms with van der Waals surface area (Å²) in [6.07, 6.45) is 0. The number of carboxylic acids is 2. The molecule has 0 bridgehead atoms. The van der Waals surface area contributed by atoms with Gasteiger partial charge >= 0.3 is 17.1 Å². The van der Waals surface area contributed by atoms with Gasteiger partial charge in [-0.3, -0.25) is 0 Å². The van der Waals surface area contributed by atoms with Crippen LogP contribution in [0, 0.1) is 0 Å². The fraction of sp³-hybridized carbons (Fsp3) is 0.333. The first-order chi connectivity index (χ1) is 4.46. The predicted molar refractivity (Wildman–Crippen MR) is 32.6 cm³/mol. The Morgan fingerprint density at radius 1 is 1.00 bits per heavy atom. The molecule has 0 rings (SSSR count). The van der Waals surface area contributed by atoms with Gasteiger partial charge in [0, 0.05) is 11.9 Å². The summed E-state index contributed by atoms with van der Waals surface area (Å²) in [5, 5.41) is 17.8. The molecule has 1 radical (unpaired) electrons. The summed E-state index contributed by atoms with van der Waals surface area (Å²) in [6.45, 7) is 7.94. The molecule has 11 heavy (non-hydrogen) atoms. The third kappa shape index (κ3) is 744. The SMILES string of the molecule is C=C.CC(=O)[O-].CC(=O)[O-].[Cu+2]. The van der Waals surface area contributed by atoms with Crippen molar-refractivity contribution < 1.29 is 36.9 Å². The van der Waals surface area contributed by atoms with Crippen molar-refractivity contribution in [3.8, 4) is 0 Å². The van der Waals surface area contributed by atoms with Gasteiger partial charge in [0.05, 0.1) is 0 Å². The third-order valence-corrected chi connectivity index (χ3v) is 0. The smallest absolute Gasteiger partial charge is 0.550 e. The molecule has 0 saturated carbocycles. The fourth-order valence-corrected chi connectivity index (χ4v) is 0. The summed E-state index contributed by atoms with van der Waals surface area (Å²) >= 11 is 0. The van der Waals surface area contributed by atoms with E-state index in [4.69, 9.17) is 19.8 Å². The van der Waals surface area contributed by atoms with Crippen LogP contribution in [0.3, 0.4) is 0 Å². The number of rotatable bonds is 0. The second-order valence-corrected chi connectivity index (χ2v) is 0.983. The van der Waals surface area contributed by atoms with Crippen LogP contribution in [0.15, 0.2) is 13.2 Å². The van der Waals surface area contributed by atoms with Gasteiger partial charge in [-0.25, -0.2) is 0 Å². The Morgan fingerprint density at radius 3 is 1.00 bits per heavy atom. The number of aliphatic carboxylic acids is 2. The molecule has 0 atom stereocenters. The molecule has 0 N–H and O–H groups in total. The van der Waals surface area contributed by atoms with Crippen LogP contribution in [0.1, 0.15) is 13.8 Å². The maximum absolute atomic E-state index is 8.89. The largest absolute Gasteiger partial charge is 2.00 e. The minimum atomic E-state index is -1.08. The van der Waals surface area contributed by atoms with E-state index in [0.717, 1.165) is 13.8 Å². The maximum Gasteiger partial charge on any atom is 2.00 e. The average molecular weight is 210 g/mol. The number of carbonyl (C=O) groups excluding carboxylic acids is 2. The molecule has 0 aliphatic rings. The minimum absolute atomic E-state index is 0. The summed E-state index contributed by atoms with van der Waals surface area (Å²) in [4.78, 5) is 17.8. The van der Waals surface area contributed by atoms with Crippen LogP contribution in [0.4, 0.5) is 0 Å². The molecule has 0 unspecified atom stereocenters. The van der Waals surface area contributed by atoms with Gasteiger partial charge in [-0.05, 0) is 13.8 Å². The molecule has 0 aromatic heterocycles. The van der Waals surface area contributed by atoms with Gasteiger partial charge in [0.2, 0.25) is 0 Å². The Morgan fingerprint density at radius 2 is 1.00 bits per heavy atom. The number of hydrogen-bond donors (Lipinski definition) is 0. The van der Waals surface area contributed by atoms with Gasteiger partial charge in [-0.2, -0.15) is 0 Å². The van der Waals surface area contributed by atoms with Gasteiger partial charge in [0.1, 0.15) is 0 Å².